The normalized spacial score (nSPS) is 21.8. The SMILES string of the molecule is Cc1c(Cl)cccc1N1CCCC(N)C1. The molecule has 15 heavy (non-hydrogen) atoms. The Hall–Kier alpha value is -0.730. The predicted molar refractivity (Wildman–Crippen MR) is 65.6 cm³/mol. The third kappa shape index (κ3) is 2.27. The quantitative estimate of drug-likeness (QED) is 0.795. The van der Waals surface area contributed by atoms with Gasteiger partial charge in [-0.1, -0.05) is 17.7 Å². The van der Waals surface area contributed by atoms with Crippen molar-refractivity contribution in [3.8, 4) is 0 Å². The number of anilines is 1. The van der Waals surface area contributed by atoms with Crippen molar-refractivity contribution in [2.75, 3.05) is 18.0 Å². The molecule has 1 heterocycles. The fraction of sp³-hybridized carbons (Fsp3) is 0.500. The molecule has 0 aromatic heterocycles. The van der Waals surface area contributed by atoms with Crippen LogP contribution in [-0.2, 0) is 0 Å². The van der Waals surface area contributed by atoms with Gasteiger partial charge in [0, 0.05) is 29.8 Å². The maximum absolute atomic E-state index is 6.11. The van der Waals surface area contributed by atoms with E-state index in [1.807, 2.05) is 12.1 Å². The van der Waals surface area contributed by atoms with Gasteiger partial charge in [-0.2, -0.15) is 0 Å². The molecule has 1 aromatic rings. The standard InChI is InChI=1S/C12H17ClN2/c1-9-11(13)5-2-6-12(9)15-7-3-4-10(14)8-15/h2,5-6,10H,3-4,7-8,14H2,1H3. The summed E-state index contributed by atoms with van der Waals surface area (Å²) in [4.78, 5) is 2.34. The second-order valence-corrected chi connectivity index (χ2v) is 4.64. The Labute approximate surface area is 96.0 Å². The fourth-order valence-corrected chi connectivity index (χ4v) is 2.34. The molecule has 3 heteroatoms. The van der Waals surface area contributed by atoms with Gasteiger partial charge in [0.2, 0.25) is 0 Å². The average molecular weight is 225 g/mol. The van der Waals surface area contributed by atoms with Crippen molar-refractivity contribution in [3.63, 3.8) is 0 Å². The third-order valence-electron chi connectivity index (χ3n) is 3.04. The van der Waals surface area contributed by atoms with Crippen LogP contribution in [0.4, 0.5) is 5.69 Å². The van der Waals surface area contributed by atoms with Gasteiger partial charge in [-0.25, -0.2) is 0 Å². The first-order valence-corrected chi connectivity index (χ1v) is 5.82. The van der Waals surface area contributed by atoms with Crippen LogP contribution in [0.3, 0.4) is 0 Å². The van der Waals surface area contributed by atoms with Crippen LogP contribution in [0.1, 0.15) is 18.4 Å². The molecule has 1 saturated heterocycles. The van der Waals surface area contributed by atoms with E-state index in [9.17, 15) is 0 Å². The zero-order chi connectivity index (χ0) is 10.8. The summed E-state index contributed by atoms with van der Waals surface area (Å²) in [7, 11) is 0. The molecular weight excluding hydrogens is 208 g/mol. The van der Waals surface area contributed by atoms with E-state index in [0.29, 0.717) is 6.04 Å². The van der Waals surface area contributed by atoms with E-state index in [2.05, 4.69) is 17.9 Å². The Bertz CT molecular complexity index is 351. The first kappa shape index (κ1) is 10.8. The molecule has 0 radical (unpaired) electrons. The molecule has 1 fully saturated rings. The van der Waals surface area contributed by atoms with Gasteiger partial charge >= 0.3 is 0 Å². The summed E-state index contributed by atoms with van der Waals surface area (Å²) >= 11 is 6.11. The molecule has 82 valence electrons. The molecule has 0 amide bonds. The highest BCUT2D eigenvalue weighted by molar-refractivity contribution is 6.31. The summed E-state index contributed by atoms with van der Waals surface area (Å²) in [5, 5.41) is 0.839. The Balaban J connectivity index is 2.24. The highest BCUT2D eigenvalue weighted by Crippen LogP contribution is 2.28. The minimum Gasteiger partial charge on any atom is -0.370 e. The van der Waals surface area contributed by atoms with E-state index in [1.54, 1.807) is 0 Å². The van der Waals surface area contributed by atoms with Crippen molar-refractivity contribution in [1.82, 2.24) is 0 Å². The summed E-state index contributed by atoms with van der Waals surface area (Å²) in [5.41, 5.74) is 8.37. The van der Waals surface area contributed by atoms with Crippen molar-refractivity contribution in [1.29, 1.82) is 0 Å². The third-order valence-corrected chi connectivity index (χ3v) is 3.45. The van der Waals surface area contributed by atoms with Gasteiger partial charge in [-0.15, -0.1) is 0 Å². The Morgan fingerprint density at radius 1 is 1.47 bits per heavy atom. The maximum Gasteiger partial charge on any atom is 0.0455 e. The number of nitrogens with two attached hydrogens (primary N) is 1. The number of hydrogen-bond acceptors (Lipinski definition) is 2. The summed E-state index contributed by atoms with van der Waals surface area (Å²) in [6.07, 6.45) is 2.31. The van der Waals surface area contributed by atoms with Gasteiger partial charge in [0.25, 0.3) is 0 Å². The zero-order valence-corrected chi connectivity index (χ0v) is 9.80. The summed E-state index contributed by atoms with van der Waals surface area (Å²) in [5.74, 6) is 0. The monoisotopic (exact) mass is 224 g/mol. The summed E-state index contributed by atoms with van der Waals surface area (Å²) in [6, 6.07) is 6.37. The molecule has 2 rings (SSSR count). The number of rotatable bonds is 1. The molecule has 2 nitrogen and oxygen atoms in total. The van der Waals surface area contributed by atoms with Crippen LogP contribution in [0.15, 0.2) is 18.2 Å². The number of benzene rings is 1. The maximum atomic E-state index is 6.11. The van der Waals surface area contributed by atoms with Crippen LogP contribution >= 0.6 is 11.6 Å². The lowest BCUT2D eigenvalue weighted by molar-refractivity contribution is 0.505. The van der Waals surface area contributed by atoms with Crippen molar-refractivity contribution in [2.24, 2.45) is 5.73 Å². The van der Waals surface area contributed by atoms with E-state index < -0.39 is 0 Å². The van der Waals surface area contributed by atoms with Crippen LogP contribution in [0, 0.1) is 6.92 Å². The largest absolute Gasteiger partial charge is 0.370 e. The lowest BCUT2D eigenvalue weighted by Crippen LogP contribution is -2.43. The van der Waals surface area contributed by atoms with Gasteiger partial charge in [0.05, 0.1) is 0 Å². The molecule has 0 aliphatic carbocycles. The van der Waals surface area contributed by atoms with Crippen molar-refractivity contribution in [3.05, 3.63) is 28.8 Å². The lowest BCUT2D eigenvalue weighted by Gasteiger charge is -2.33. The molecule has 0 bridgehead atoms. The Morgan fingerprint density at radius 3 is 3.00 bits per heavy atom. The Kier molecular flexibility index (Phi) is 3.17. The zero-order valence-electron chi connectivity index (χ0n) is 9.04. The molecular formula is C12H17ClN2. The Morgan fingerprint density at radius 2 is 2.27 bits per heavy atom. The predicted octanol–water partition coefficient (Wildman–Crippen LogP) is 2.58. The van der Waals surface area contributed by atoms with Gasteiger partial charge in [-0.05, 0) is 37.5 Å². The van der Waals surface area contributed by atoms with Crippen LogP contribution < -0.4 is 10.6 Å². The fourth-order valence-electron chi connectivity index (χ4n) is 2.17. The van der Waals surface area contributed by atoms with Crippen molar-refractivity contribution < 1.29 is 0 Å². The number of halogens is 1. The molecule has 1 atom stereocenters. The van der Waals surface area contributed by atoms with E-state index in [4.69, 9.17) is 17.3 Å². The minimum absolute atomic E-state index is 0.303. The van der Waals surface area contributed by atoms with Crippen LogP contribution in [0.2, 0.25) is 5.02 Å². The van der Waals surface area contributed by atoms with Crippen molar-refractivity contribution >= 4 is 17.3 Å². The summed E-state index contributed by atoms with van der Waals surface area (Å²) in [6.45, 7) is 4.11. The number of nitrogens with zero attached hydrogens (tertiary/aromatic N) is 1. The van der Waals surface area contributed by atoms with Crippen LogP contribution in [-0.4, -0.2) is 19.1 Å². The second kappa shape index (κ2) is 4.42. The highest BCUT2D eigenvalue weighted by Gasteiger charge is 2.18. The van der Waals surface area contributed by atoms with Crippen molar-refractivity contribution in [2.45, 2.75) is 25.8 Å². The molecule has 2 N–H and O–H groups in total. The first-order valence-electron chi connectivity index (χ1n) is 5.44. The van der Waals surface area contributed by atoms with E-state index in [-0.39, 0.29) is 0 Å². The first-order chi connectivity index (χ1) is 7.18. The summed E-state index contributed by atoms with van der Waals surface area (Å²) < 4.78 is 0. The topological polar surface area (TPSA) is 29.3 Å². The van der Waals surface area contributed by atoms with E-state index >= 15 is 0 Å². The average Bonchev–Trinajstić information content (AvgIpc) is 2.22. The second-order valence-electron chi connectivity index (χ2n) is 4.23. The molecule has 1 aliphatic heterocycles. The van der Waals surface area contributed by atoms with Crippen LogP contribution in [0.5, 0.6) is 0 Å². The van der Waals surface area contributed by atoms with Crippen LogP contribution in [0.25, 0.3) is 0 Å². The minimum atomic E-state index is 0.303. The molecule has 1 aliphatic rings. The van der Waals surface area contributed by atoms with Gasteiger partial charge in [-0.3, -0.25) is 0 Å². The van der Waals surface area contributed by atoms with Gasteiger partial charge in [0.15, 0.2) is 0 Å². The van der Waals surface area contributed by atoms with Gasteiger partial charge < -0.3 is 10.6 Å². The molecule has 1 unspecified atom stereocenters. The smallest absolute Gasteiger partial charge is 0.0455 e. The number of hydrogen-bond donors (Lipinski definition) is 1. The molecule has 1 aromatic carbocycles. The van der Waals surface area contributed by atoms with E-state index in [0.717, 1.165) is 30.1 Å². The molecule has 0 spiro atoms. The molecule has 0 saturated carbocycles. The lowest BCUT2D eigenvalue weighted by atomic mass is 10.0. The van der Waals surface area contributed by atoms with Gasteiger partial charge in [0.1, 0.15) is 0 Å². The highest BCUT2D eigenvalue weighted by atomic mass is 35.5. The van der Waals surface area contributed by atoms with E-state index in [1.165, 1.54) is 12.1 Å². The number of piperidine rings is 1.